The van der Waals surface area contributed by atoms with E-state index in [1.165, 1.54) is 17.0 Å². The molecule has 3 aromatic carbocycles. The minimum Gasteiger partial charge on any atom is -0.494 e. The molecule has 1 aliphatic heterocycles. The lowest BCUT2D eigenvalue weighted by Gasteiger charge is -2.24. The van der Waals surface area contributed by atoms with Gasteiger partial charge < -0.3 is 19.7 Å². The van der Waals surface area contributed by atoms with Crippen LogP contribution in [0.5, 0.6) is 5.75 Å². The van der Waals surface area contributed by atoms with Crippen LogP contribution < -0.4 is 15.0 Å². The highest BCUT2D eigenvalue weighted by molar-refractivity contribution is 7.80. The van der Waals surface area contributed by atoms with E-state index >= 15 is 0 Å². The molecular weight excluding hydrogens is 533 g/mol. The van der Waals surface area contributed by atoms with Gasteiger partial charge in [0.1, 0.15) is 17.6 Å². The monoisotopic (exact) mass is 563 g/mol. The van der Waals surface area contributed by atoms with Gasteiger partial charge in [-0.2, -0.15) is 0 Å². The highest BCUT2D eigenvalue weighted by atomic mass is 32.1. The highest BCUT2D eigenvalue weighted by Crippen LogP contribution is 2.29. The molecule has 0 aliphatic carbocycles. The Morgan fingerprint density at radius 2 is 1.65 bits per heavy atom. The van der Waals surface area contributed by atoms with Crippen LogP contribution in [0.3, 0.4) is 0 Å². The molecule has 1 aliphatic rings. The average Bonchev–Trinajstić information content (AvgIpc) is 3.17. The molecule has 1 atom stereocenters. The number of nitrogens with zero attached hydrogens (tertiary/aromatic N) is 2. The summed E-state index contributed by atoms with van der Waals surface area (Å²) in [7, 11) is 0. The summed E-state index contributed by atoms with van der Waals surface area (Å²) >= 11 is 5.70. The number of thiocarbonyl (C=S) groups is 1. The first kappa shape index (κ1) is 28.7. The molecule has 0 spiro atoms. The van der Waals surface area contributed by atoms with Crippen molar-refractivity contribution in [1.82, 2.24) is 4.90 Å². The van der Waals surface area contributed by atoms with E-state index < -0.39 is 12.0 Å². The molecule has 1 fully saturated rings. The number of amides is 2. The number of benzene rings is 3. The van der Waals surface area contributed by atoms with Crippen LogP contribution in [0, 0.1) is 5.82 Å². The number of anilines is 2. The van der Waals surface area contributed by atoms with Gasteiger partial charge in [0, 0.05) is 12.2 Å². The van der Waals surface area contributed by atoms with Gasteiger partial charge in [-0.3, -0.25) is 14.5 Å². The van der Waals surface area contributed by atoms with Crippen LogP contribution in [0.1, 0.15) is 42.6 Å². The molecule has 2 amide bonds. The lowest BCUT2D eigenvalue weighted by atomic mass is 10.1. The van der Waals surface area contributed by atoms with Gasteiger partial charge in [0.05, 0.1) is 30.9 Å². The molecule has 1 N–H and O–H groups in total. The van der Waals surface area contributed by atoms with Crippen LogP contribution in [-0.2, 0) is 20.9 Å². The number of esters is 1. The third-order valence-electron chi connectivity index (χ3n) is 6.21. The van der Waals surface area contributed by atoms with Crippen molar-refractivity contribution in [2.24, 2.45) is 0 Å². The topological polar surface area (TPSA) is 88.2 Å². The summed E-state index contributed by atoms with van der Waals surface area (Å²) in [6.45, 7) is 4.78. The number of rotatable bonds is 11. The summed E-state index contributed by atoms with van der Waals surface area (Å²) in [6.07, 6.45) is 0.725. The van der Waals surface area contributed by atoms with Crippen LogP contribution in [0.25, 0.3) is 0 Å². The number of hydrogen-bond donors (Lipinski definition) is 1. The van der Waals surface area contributed by atoms with Gasteiger partial charge >= 0.3 is 5.97 Å². The molecule has 40 heavy (non-hydrogen) atoms. The standard InChI is InChI=1S/C30H30FN3O5S/c1-3-17-39-25-15-11-23(12-16-25)32-27(35)18-26-28(36)34(24-13-7-21(8-14-24)29(37)38-4-2)30(40)33(26)19-20-5-9-22(31)10-6-20/h5-16,26H,3-4,17-19H2,1-2H3,(H,32,35)/t26-/m1/s1. The van der Waals surface area contributed by atoms with Crippen LogP contribution in [-0.4, -0.2) is 47.1 Å². The van der Waals surface area contributed by atoms with Gasteiger partial charge in [-0.15, -0.1) is 0 Å². The summed E-state index contributed by atoms with van der Waals surface area (Å²) < 4.78 is 24.1. The minimum atomic E-state index is -0.894. The Balaban J connectivity index is 1.54. The van der Waals surface area contributed by atoms with Gasteiger partial charge in [-0.1, -0.05) is 19.1 Å². The second kappa shape index (κ2) is 13.2. The molecule has 0 aromatic heterocycles. The van der Waals surface area contributed by atoms with Gasteiger partial charge in [-0.05, 0) is 91.8 Å². The Morgan fingerprint density at radius 1 is 0.975 bits per heavy atom. The van der Waals surface area contributed by atoms with Gasteiger partial charge in [0.15, 0.2) is 5.11 Å². The van der Waals surface area contributed by atoms with Crippen LogP contribution in [0.15, 0.2) is 72.8 Å². The highest BCUT2D eigenvalue weighted by Gasteiger charge is 2.44. The summed E-state index contributed by atoms with van der Waals surface area (Å²) in [5.74, 6) is -0.899. The number of carbonyl (C=O) groups is 3. The molecule has 1 saturated heterocycles. The minimum absolute atomic E-state index is 0.161. The first-order valence-electron chi connectivity index (χ1n) is 13.0. The molecule has 10 heteroatoms. The number of carbonyl (C=O) groups excluding carboxylic acids is 3. The first-order chi connectivity index (χ1) is 19.3. The van der Waals surface area contributed by atoms with E-state index in [1.807, 2.05) is 6.92 Å². The summed E-state index contributed by atoms with van der Waals surface area (Å²) in [4.78, 5) is 41.8. The number of ether oxygens (including phenoxy) is 2. The summed E-state index contributed by atoms with van der Waals surface area (Å²) in [5, 5.41) is 3.03. The predicted octanol–water partition coefficient (Wildman–Crippen LogP) is 5.32. The number of hydrogen-bond acceptors (Lipinski definition) is 6. The fourth-order valence-electron chi connectivity index (χ4n) is 4.24. The molecule has 0 bridgehead atoms. The molecule has 0 saturated carbocycles. The maximum Gasteiger partial charge on any atom is 0.338 e. The second-order valence-corrected chi connectivity index (χ2v) is 9.48. The molecule has 3 aromatic rings. The van der Waals surface area contributed by atoms with E-state index in [2.05, 4.69) is 5.32 Å². The second-order valence-electron chi connectivity index (χ2n) is 9.12. The average molecular weight is 564 g/mol. The molecule has 8 nitrogen and oxygen atoms in total. The third-order valence-corrected chi connectivity index (χ3v) is 6.63. The van der Waals surface area contributed by atoms with Crippen molar-refractivity contribution >= 4 is 46.5 Å². The Hall–Kier alpha value is -4.31. The zero-order valence-corrected chi connectivity index (χ0v) is 23.1. The number of halogens is 1. The zero-order valence-electron chi connectivity index (χ0n) is 22.3. The first-order valence-corrected chi connectivity index (χ1v) is 13.4. The number of nitrogens with one attached hydrogen (secondary N) is 1. The molecule has 208 valence electrons. The van der Waals surface area contributed by atoms with Gasteiger partial charge in [0.25, 0.3) is 5.91 Å². The third kappa shape index (κ3) is 6.81. The lowest BCUT2D eigenvalue weighted by Crippen LogP contribution is -2.37. The van der Waals surface area contributed by atoms with Crippen molar-refractivity contribution in [2.75, 3.05) is 23.4 Å². The van der Waals surface area contributed by atoms with Crippen LogP contribution >= 0.6 is 12.2 Å². The molecule has 1 heterocycles. The predicted molar refractivity (Wildman–Crippen MR) is 154 cm³/mol. The molecule has 4 rings (SSSR count). The van der Waals surface area contributed by atoms with Crippen molar-refractivity contribution < 1.29 is 28.2 Å². The Kier molecular flexibility index (Phi) is 9.44. The molecule has 0 radical (unpaired) electrons. The SMILES string of the molecule is CCCOc1ccc(NC(=O)C[C@@H]2C(=O)N(c3ccc(C(=O)OCC)cc3)C(=S)N2Cc2ccc(F)cc2)cc1. The van der Waals surface area contributed by atoms with Crippen LogP contribution in [0.4, 0.5) is 15.8 Å². The molecule has 0 unspecified atom stereocenters. The Bertz CT molecular complexity index is 1360. The van der Waals surface area contributed by atoms with E-state index in [0.29, 0.717) is 29.3 Å². The van der Waals surface area contributed by atoms with Crippen molar-refractivity contribution in [1.29, 1.82) is 0 Å². The van der Waals surface area contributed by atoms with Crippen molar-refractivity contribution in [3.63, 3.8) is 0 Å². The van der Waals surface area contributed by atoms with Crippen molar-refractivity contribution in [3.8, 4) is 5.75 Å². The van der Waals surface area contributed by atoms with Gasteiger partial charge in [0.2, 0.25) is 5.91 Å². The zero-order chi connectivity index (χ0) is 28.6. The van der Waals surface area contributed by atoms with E-state index in [0.717, 1.165) is 12.0 Å². The van der Waals surface area contributed by atoms with Crippen molar-refractivity contribution in [3.05, 3.63) is 89.7 Å². The van der Waals surface area contributed by atoms with Gasteiger partial charge in [-0.25, -0.2) is 9.18 Å². The maximum absolute atomic E-state index is 13.7. The maximum atomic E-state index is 13.7. The Morgan fingerprint density at radius 3 is 2.27 bits per heavy atom. The summed E-state index contributed by atoms with van der Waals surface area (Å²) in [5.41, 5.74) is 2.09. The van der Waals surface area contributed by atoms with E-state index in [9.17, 15) is 18.8 Å². The lowest BCUT2D eigenvalue weighted by molar-refractivity contribution is -0.124. The normalized spacial score (nSPS) is 14.8. The smallest absolute Gasteiger partial charge is 0.338 e. The van der Waals surface area contributed by atoms with Crippen molar-refractivity contribution in [2.45, 2.75) is 39.3 Å². The summed E-state index contributed by atoms with van der Waals surface area (Å²) in [6, 6.07) is 18.3. The van der Waals surface area contributed by atoms with E-state index in [-0.39, 0.29) is 42.3 Å². The fraction of sp³-hybridized carbons (Fsp3) is 0.267. The largest absolute Gasteiger partial charge is 0.494 e. The van der Waals surface area contributed by atoms with E-state index in [1.54, 1.807) is 72.5 Å². The van der Waals surface area contributed by atoms with Crippen LogP contribution in [0.2, 0.25) is 0 Å². The quantitative estimate of drug-likeness (QED) is 0.250. The fourth-order valence-corrected chi connectivity index (χ4v) is 4.63. The Labute approximate surface area is 237 Å². The molecular formula is C30H30FN3O5S. The van der Waals surface area contributed by atoms with E-state index in [4.69, 9.17) is 21.7 Å².